The molecule has 1 heterocycles. The standard InChI is InChI=1S/C15H23N3O2/c1-12(13-6-4-5-7-14(13)20-3)17-8-10-18(11-9-17)15(19)16-2/h4-7,12H,8-11H2,1-3H3,(H,16,19). The van der Waals surface area contributed by atoms with E-state index in [2.05, 4.69) is 23.2 Å². The van der Waals surface area contributed by atoms with E-state index in [0.29, 0.717) is 0 Å². The number of nitrogens with zero attached hydrogens (tertiary/aromatic N) is 2. The maximum absolute atomic E-state index is 11.6. The molecule has 1 saturated heterocycles. The highest BCUT2D eigenvalue weighted by atomic mass is 16.5. The molecular weight excluding hydrogens is 254 g/mol. The Balaban J connectivity index is 2.01. The van der Waals surface area contributed by atoms with E-state index in [1.165, 1.54) is 5.56 Å². The van der Waals surface area contributed by atoms with Crippen molar-refractivity contribution in [1.29, 1.82) is 0 Å². The van der Waals surface area contributed by atoms with Crippen LogP contribution in [0.25, 0.3) is 0 Å². The summed E-state index contributed by atoms with van der Waals surface area (Å²) in [5.74, 6) is 0.925. The van der Waals surface area contributed by atoms with Crippen molar-refractivity contribution in [2.45, 2.75) is 13.0 Å². The van der Waals surface area contributed by atoms with E-state index in [0.717, 1.165) is 31.9 Å². The number of carbonyl (C=O) groups excluding carboxylic acids is 1. The van der Waals surface area contributed by atoms with Gasteiger partial charge in [-0.25, -0.2) is 4.79 Å². The van der Waals surface area contributed by atoms with E-state index in [4.69, 9.17) is 4.74 Å². The molecule has 1 aliphatic rings. The quantitative estimate of drug-likeness (QED) is 0.915. The number of ether oxygens (including phenoxy) is 1. The van der Waals surface area contributed by atoms with Gasteiger partial charge in [0, 0.05) is 44.8 Å². The van der Waals surface area contributed by atoms with Crippen molar-refractivity contribution in [1.82, 2.24) is 15.1 Å². The molecule has 20 heavy (non-hydrogen) atoms. The first kappa shape index (κ1) is 14.7. The number of hydrogen-bond acceptors (Lipinski definition) is 3. The maximum Gasteiger partial charge on any atom is 0.317 e. The lowest BCUT2D eigenvalue weighted by molar-refractivity contribution is 0.114. The van der Waals surface area contributed by atoms with E-state index >= 15 is 0 Å². The van der Waals surface area contributed by atoms with Crippen molar-refractivity contribution < 1.29 is 9.53 Å². The monoisotopic (exact) mass is 277 g/mol. The average Bonchev–Trinajstić information content (AvgIpc) is 2.53. The van der Waals surface area contributed by atoms with Gasteiger partial charge in [-0.1, -0.05) is 18.2 Å². The minimum Gasteiger partial charge on any atom is -0.496 e. The molecule has 2 rings (SSSR count). The summed E-state index contributed by atoms with van der Waals surface area (Å²) in [7, 11) is 3.38. The number of para-hydroxylation sites is 1. The molecule has 0 aromatic heterocycles. The fourth-order valence-corrected chi connectivity index (χ4v) is 2.68. The fraction of sp³-hybridized carbons (Fsp3) is 0.533. The molecule has 0 saturated carbocycles. The minimum atomic E-state index is 0.00888. The van der Waals surface area contributed by atoms with Crippen molar-refractivity contribution in [3.63, 3.8) is 0 Å². The number of urea groups is 1. The predicted molar refractivity (Wildman–Crippen MR) is 79.0 cm³/mol. The molecule has 5 heteroatoms. The van der Waals surface area contributed by atoms with Crippen LogP contribution in [0.1, 0.15) is 18.5 Å². The van der Waals surface area contributed by atoms with Gasteiger partial charge in [0.1, 0.15) is 5.75 Å². The summed E-state index contributed by atoms with van der Waals surface area (Å²) < 4.78 is 5.43. The predicted octanol–water partition coefficient (Wildman–Crippen LogP) is 1.71. The molecule has 1 aromatic carbocycles. The summed E-state index contributed by atoms with van der Waals surface area (Å²) in [5.41, 5.74) is 1.20. The second-order valence-corrected chi connectivity index (χ2v) is 5.00. The Labute approximate surface area is 120 Å². The van der Waals surface area contributed by atoms with Crippen molar-refractivity contribution in [3.8, 4) is 5.75 Å². The SMILES string of the molecule is CNC(=O)N1CCN(C(C)c2ccccc2OC)CC1. The van der Waals surface area contributed by atoms with Crippen LogP contribution >= 0.6 is 0 Å². The van der Waals surface area contributed by atoms with Crippen LogP contribution in [0.4, 0.5) is 4.79 Å². The number of amides is 2. The summed E-state index contributed by atoms with van der Waals surface area (Å²) in [4.78, 5) is 15.8. The Morgan fingerprint density at radius 2 is 1.90 bits per heavy atom. The molecule has 1 atom stereocenters. The van der Waals surface area contributed by atoms with Crippen molar-refractivity contribution in [2.24, 2.45) is 0 Å². The average molecular weight is 277 g/mol. The zero-order valence-corrected chi connectivity index (χ0v) is 12.4. The number of carbonyl (C=O) groups is 1. The van der Waals surface area contributed by atoms with E-state index in [1.54, 1.807) is 14.2 Å². The van der Waals surface area contributed by atoms with Gasteiger partial charge in [0.25, 0.3) is 0 Å². The molecule has 110 valence electrons. The van der Waals surface area contributed by atoms with Crippen LogP contribution in [0.15, 0.2) is 24.3 Å². The Morgan fingerprint density at radius 3 is 2.50 bits per heavy atom. The molecule has 1 fully saturated rings. The van der Waals surface area contributed by atoms with Crippen LogP contribution in [0.3, 0.4) is 0 Å². The van der Waals surface area contributed by atoms with Gasteiger partial charge in [-0.15, -0.1) is 0 Å². The van der Waals surface area contributed by atoms with Crippen LogP contribution in [-0.2, 0) is 0 Å². The lowest BCUT2D eigenvalue weighted by atomic mass is 10.0. The van der Waals surface area contributed by atoms with Crippen LogP contribution in [-0.4, -0.2) is 56.2 Å². The number of piperazine rings is 1. The van der Waals surface area contributed by atoms with Gasteiger partial charge in [-0.3, -0.25) is 4.90 Å². The van der Waals surface area contributed by atoms with Gasteiger partial charge >= 0.3 is 6.03 Å². The van der Waals surface area contributed by atoms with E-state index in [-0.39, 0.29) is 12.1 Å². The van der Waals surface area contributed by atoms with Crippen LogP contribution in [0.5, 0.6) is 5.75 Å². The number of rotatable bonds is 3. The topological polar surface area (TPSA) is 44.8 Å². The molecule has 0 aliphatic carbocycles. The third-order valence-electron chi connectivity index (χ3n) is 3.95. The number of benzene rings is 1. The first-order valence-corrected chi connectivity index (χ1v) is 7.01. The van der Waals surface area contributed by atoms with Gasteiger partial charge < -0.3 is 15.0 Å². The van der Waals surface area contributed by atoms with Crippen LogP contribution in [0, 0.1) is 0 Å². The zero-order chi connectivity index (χ0) is 14.5. The van der Waals surface area contributed by atoms with Crippen molar-refractivity contribution >= 4 is 6.03 Å². The van der Waals surface area contributed by atoms with Gasteiger partial charge in [0.2, 0.25) is 0 Å². The van der Waals surface area contributed by atoms with Gasteiger partial charge in [0.15, 0.2) is 0 Å². The Hall–Kier alpha value is -1.75. The summed E-state index contributed by atoms with van der Waals surface area (Å²) >= 11 is 0. The van der Waals surface area contributed by atoms with Crippen molar-refractivity contribution in [3.05, 3.63) is 29.8 Å². The number of nitrogens with one attached hydrogen (secondary N) is 1. The minimum absolute atomic E-state index is 0.00888. The Bertz CT molecular complexity index is 456. The normalized spacial score (nSPS) is 17.6. The highest BCUT2D eigenvalue weighted by molar-refractivity contribution is 5.73. The second-order valence-electron chi connectivity index (χ2n) is 5.00. The lowest BCUT2D eigenvalue weighted by Gasteiger charge is -2.38. The zero-order valence-electron chi connectivity index (χ0n) is 12.4. The highest BCUT2D eigenvalue weighted by Crippen LogP contribution is 2.29. The smallest absolute Gasteiger partial charge is 0.317 e. The highest BCUT2D eigenvalue weighted by Gasteiger charge is 2.25. The molecule has 1 aromatic rings. The molecule has 0 spiro atoms. The molecule has 5 nitrogen and oxygen atoms in total. The molecule has 1 aliphatic heterocycles. The molecule has 0 radical (unpaired) electrons. The fourth-order valence-electron chi connectivity index (χ4n) is 2.68. The van der Waals surface area contributed by atoms with Gasteiger partial charge in [0.05, 0.1) is 7.11 Å². The second kappa shape index (κ2) is 6.61. The lowest BCUT2D eigenvalue weighted by Crippen LogP contribution is -2.51. The molecular formula is C15H23N3O2. The molecule has 1 unspecified atom stereocenters. The van der Waals surface area contributed by atoms with E-state index < -0.39 is 0 Å². The first-order valence-electron chi connectivity index (χ1n) is 7.01. The first-order chi connectivity index (χ1) is 9.67. The summed E-state index contributed by atoms with van der Waals surface area (Å²) in [5, 5.41) is 2.68. The largest absolute Gasteiger partial charge is 0.496 e. The number of methoxy groups -OCH3 is 1. The number of hydrogen-bond donors (Lipinski definition) is 1. The molecule has 1 N–H and O–H groups in total. The van der Waals surface area contributed by atoms with E-state index in [9.17, 15) is 4.79 Å². The Morgan fingerprint density at radius 1 is 1.25 bits per heavy atom. The van der Waals surface area contributed by atoms with Crippen LogP contribution in [0.2, 0.25) is 0 Å². The third-order valence-corrected chi connectivity index (χ3v) is 3.95. The van der Waals surface area contributed by atoms with Gasteiger partial charge in [-0.2, -0.15) is 0 Å². The summed E-state index contributed by atoms with van der Waals surface area (Å²) in [6.45, 7) is 5.48. The molecule has 2 amide bonds. The van der Waals surface area contributed by atoms with Crippen LogP contribution < -0.4 is 10.1 Å². The summed E-state index contributed by atoms with van der Waals surface area (Å²) in [6, 6.07) is 8.42. The van der Waals surface area contributed by atoms with Gasteiger partial charge in [-0.05, 0) is 13.0 Å². The summed E-state index contributed by atoms with van der Waals surface area (Å²) in [6.07, 6.45) is 0. The Kier molecular flexibility index (Phi) is 4.84. The molecule has 0 bridgehead atoms. The van der Waals surface area contributed by atoms with Crippen molar-refractivity contribution in [2.75, 3.05) is 40.3 Å². The van der Waals surface area contributed by atoms with E-state index in [1.807, 2.05) is 23.1 Å². The maximum atomic E-state index is 11.6. The third kappa shape index (κ3) is 3.04.